The van der Waals surface area contributed by atoms with Crippen molar-refractivity contribution < 1.29 is 41.4 Å². The first-order chi connectivity index (χ1) is 8.95. The number of aromatic nitrogens is 2. The summed E-state index contributed by atoms with van der Waals surface area (Å²) < 4.78 is 4.28. The van der Waals surface area contributed by atoms with Gasteiger partial charge in [-0.05, 0) is 12.8 Å². The number of hydrogen-bond donors (Lipinski definition) is 2. The fourth-order valence-electron chi connectivity index (χ4n) is 1.37. The Balaban J connectivity index is 0. The number of carboxylic acids is 2. The van der Waals surface area contributed by atoms with E-state index in [9.17, 15) is 9.59 Å². The quantitative estimate of drug-likeness (QED) is 0.583. The zero-order valence-corrected chi connectivity index (χ0v) is 13.5. The third-order valence-corrected chi connectivity index (χ3v) is 2.37. The topological polar surface area (TPSA) is 83.4 Å². The predicted octanol–water partition coefficient (Wildman–Crippen LogP) is -1.56. The normalized spacial score (nSPS) is 9.10. The van der Waals surface area contributed by atoms with Crippen LogP contribution in [0.5, 0.6) is 0 Å². The molecule has 20 heavy (non-hydrogen) atoms. The molecule has 0 spiro atoms. The lowest BCUT2D eigenvalue weighted by Gasteiger charge is -1.90. The molecule has 0 aliphatic rings. The number of carboxylic acid groups (broad SMARTS) is 2. The molecule has 2 N–H and O–H groups in total. The van der Waals surface area contributed by atoms with Gasteiger partial charge in [0.15, 0.2) is 0 Å². The lowest BCUT2D eigenvalue weighted by atomic mass is 10.2. The fourth-order valence-corrected chi connectivity index (χ4v) is 1.37. The van der Waals surface area contributed by atoms with Crippen LogP contribution >= 0.6 is 0 Å². The SMILES string of the molecule is CCCC[n+]1ccn(C)c1.O=C(O)CCCC(=O)O.[Br-]. The minimum atomic E-state index is -0.948. The Morgan fingerprint density at radius 3 is 2.05 bits per heavy atom. The van der Waals surface area contributed by atoms with Crippen molar-refractivity contribution in [2.45, 2.75) is 45.6 Å². The predicted molar refractivity (Wildman–Crippen MR) is 69.6 cm³/mol. The van der Waals surface area contributed by atoms with Crippen LogP contribution in [0.3, 0.4) is 0 Å². The van der Waals surface area contributed by atoms with Gasteiger partial charge in [-0.25, -0.2) is 9.13 Å². The van der Waals surface area contributed by atoms with E-state index in [-0.39, 0.29) is 36.2 Å². The zero-order valence-electron chi connectivity index (χ0n) is 12.0. The molecule has 0 amide bonds. The summed E-state index contributed by atoms with van der Waals surface area (Å²) in [4.78, 5) is 19.6. The molecule has 0 radical (unpaired) electrons. The second-order valence-corrected chi connectivity index (χ2v) is 4.31. The highest BCUT2D eigenvalue weighted by atomic mass is 79.9. The van der Waals surface area contributed by atoms with Gasteiger partial charge in [-0.1, -0.05) is 13.3 Å². The second-order valence-electron chi connectivity index (χ2n) is 4.31. The van der Waals surface area contributed by atoms with Crippen LogP contribution in [0.15, 0.2) is 18.7 Å². The molecule has 0 atom stereocenters. The maximum atomic E-state index is 9.79. The number of carbonyl (C=O) groups is 2. The highest BCUT2D eigenvalue weighted by molar-refractivity contribution is 5.69. The Labute approximate surface area is 129 Å². The van der Waals surface area contributed by atoms with E-state index in [1.807, 2.05) is 7.05 Å². The Morgan fingerprint density at radius 1 is 1.15 bits per heavy atom. The molecule has 1 aromatic heterocycles. The van der Waals surface area contributed by atoms with Crippen molar-refractivity contribution in [2.75, 3.05) is 0 Å². The van der Waals surface area contributed by atoms with E-state index in [4.69, 9.17) is 10.2 Å². The molecule has 0 aliphatic heterocycles. The molecule has 6 nitrogen and oxygen atoms in total. The van der Waals surface area contributed by atoms with Crippen molar-refractivity contribution in [1.82, 2.24) is 4.57 Å². The van der Waals surface area contributed by atoms with Crippen LogP contribution in [0.2, 0.25) is 0 Å². The van der Waals surface area contributed by atoms with Crippen LogP contribution in [0.4, 0.5) is 0 Å². The van der Waals surface area contributed by atoms with Crippen LogP contribution in [-0.2, 0) is 23.2 Å². The van der Waals surface area contributed by atoms with Crippen molar-refractivity contribution in [3.05, 3.63) is 18.7 Å². The number of imidazole rings is 1. The summed E-state index contributed by atoms with van der Waals surface area (Å²) in [6.07, 6.45) is 8.90. The summed E-state index contributed by atoms with van der Waals surface area (Å²) in [6, 6.07) is 0. The minimum absolute atomic E-state index is 0. The summed E-state index contributed by atoms with van der Waals surface area (Å²) in [5.41, 5.74) is 0. The summed E-state index contributed by atoms with van der Waals surface area (Å²) in [7, 11) is 2.04. The molecular formula is C13H23BrN2O4. The lowest BCUT2D eigenvalue weighted by Crippen LogP contribution is -3.00. The Kier molecular flexibility index (Phi) is 13.2. The molecule has 0 aliphatic carbocycles. The van der Waals surface area contributed by atoms with Crippen molar-refractivity contribution in [3.8, 4) is 0 Å². The Bertz CT molecular complexity index is 379. The summed E-state index contributed by atoms with van der Waals surface area (Å²) >= 11 is 0. The highest BCUT2D eigenvalue weighted by Gasteiger charge is 1.99. The van der Waals surface area contributed by atoms with Crippen molar-refractivity contribution in [1.29, 1.82) is 0 Å². The van der Waals surface area contributed by atoms with E-state index in [2.05, 4.69) is 34.8 Å². The minimum Gasteiger partial charge on any atom is -1.00 e. The molecule has 1 aromatic rings. The van der Waals surface area contributed by atoms with Gasteiger partial charge in [-0.2, -0.15) is 0 Å². The molecule has 1 rings (SSSR count). The maximum absolute atomic E-state index is 9.79. The molecule has 0 saturated heterocycles. The zero-order chi connectivity index (χ0) is 14.7. The molecule has 116 valence electrons. The molecule has 0 unspecified atom stereocenters. The molecule has 0 bridgehead atoms. The number of aryl methyl sites for hydroxylation is 2. The summed E-state index contributed by atoms with van der Waals surface area (Å²) in [5.74, 6) is -1.90. The smallest absolute Gasteiger partial charge is 0.303 e. The van der Waals surface area contributed by atoms with Gasteiger partial charge in [0, 0.05) is 12.8 Å². The lowest BCUT2D eigenvalue weighted by molar-refractivity contribution is -0.696. The first-order valence-electron chi connectivity index (χ1n) is 6.40. The Morgan fingerprint density at radius 2 is 1.70 bits per heavy atom. The van der Waals surface area contributed by atoms with Crippen LogP contribution in [-0.4, -0.2) is 26.7 Å². The van der Waals surface area contributed by atoms with E-state index in [1.165, 1.54) is 12.8 Å². The molecule has 7 heteroatoms. The third-order valence-electron chi connectivity index (χ3n) is 2.37. The third kappa shape index (κ3) is 13.1. The van der Waals surface area contributed by atoms with Crippen molar-refractivity contribution in [3.63, 3.8) is 0 Å². The van der Waals surface area contributed by atoms with Gasteiger partial charge < -0.3 is 27.2 Å². The van der Waals surface area contributed by atoms with Gasteiger partial charge in [0.25, 0.3) is 0 Å². The van der Waals surface area contributed by atoms with E-state index in [0.29, 0.717) is 0 Å². The number of rotatable bonds is 7. The van der Waals surface area contributed by atoms with Gasteiger partial charge in [0.1, 0.15) is 12.4 Å². The molecular weight excluding hydrogens is 328 g/mol. The number of halogens is 1. The number of nitrogens with zero attached hydrogens (tertiary/aromatic N) is 2. The number of unbranched alkanes of at least 4 members (excludes halogenated alkanes) is 1. The monoisotopic (exact) mass is 350 g/mol. The van der Waals surface area contributed by atoms with Crippen LogP contribution in [0.25, 0.3) is 0 Å². The largest absolute Gasteiger partial charge is 1.00 e. The van der Waals surface area contributed by atoms with Gasteiger partial charge in [0.05, 0.1) is 13.6 Å². The van der Waals surface area contributed by atoms with E-state index < -0.39 is 11.9 Å². The number of hydrogen-bond acceptors (Lipinski definition) is 2. The Hall–Kier alpha value is -1.37. The highest BCUT2D eigenvalue weighted by Crippen LogP contribution is 1.93. The average molecular weight is 351 g/mol. The van der Waals surface area contributed by atoms with Crippen molar-refractivity contribution >= 4 is 11.9 Å². The van der Waals surface area contributed by atoms with E-state index in [0.717, 1.165) is 6.54 Å². The molecule has 0 saturated carbocycles. The standard InChI is InChI=1S/C8H15N2.C5H8O4.BrH/c1-3-4-5-10-7-6-9(2)8-10;6-4(7)2-1-3-5(8)9;/h6-8H,3-5H2,1-2H3;1-3H2,(H,6,7)(H,8,9);1H/q+1;;/p-1. The van der Waals surface area contributed by atoms with Gasteiger partial charge in [0.2, 0.25) is 6.33 Å². The summed E-state index contributed by atoms with van der Waals surface area (Å²) in [6.45, 7) is 3.36. The fraction of sp³-hybridized carbons (Fsp3) is 0.615. The van der Waals surface area contributed by atoms with Crippen LogP contribution in [0.1, 0.15) is 39.0 Å². The second kappa shape index (κ2) is 12.7. The molecule has 1 heterocycles. The molecule has 0 fully saturated rings. The van der Waals surface area contributed by atoms with E-state index in [1.54, 1.807) is 0 Å². The van der Waals surface area contributed by atoms with Gasteiger partial charge in [-0.15, -0.1) is 0 Å². The van der Waals surface area contributed by atoms with Crippen LogP contribution < -0.4 is 21.5 Å². The van der Waals surface area contributed by atoms with Gasteiger partial charge in [-0.3, -0.25) is 9.59 Å². The maximum Gasteiger partial charge on any atom is 0.303 e. The van der Waals surface area contributed by atoms with Gasteiger partial charge >= 0.3 is 11.9 Å². The number of aliphatic carboxylic acids is 2. The van der Waals surface area contributed by atoms with E-state index >= 15 is 0 Å². The first kappa shape index (κ1) is 20.9. The van der Waals surface area contributed by atoms with Crippen molar-refractivity contribution in [2.24, 2.45) is 7.05 Å². The van der Waals surface area contributed by atoms with Crippen LogP contribution in [0, 0.1) is 0 Å². The average Bonchev–Trinajstić information content (AvgIpc) is 2.72. The summed E-state index contributed by atoms with van der Waals surface area (Å²) in [5, 5.41) is 16.1. The first-order valence-corrected chi connectivity index (χ1v) is 6.40. The molecule has 0 aromatic carbocycles.